The van der Waals surface area contributed by atoms with E-state index in [1.54, 1.807) is 13.2 Å². The van der Waals surface area contributed by atoms with E-state index in [1.807, 2.05) is 18.2 Å². The molecule has 2 aromatic carbocycles. The van der Waals surface area contributed by atoms with Gasteiger partial charge in [0.2, 0.25) is 0 Å². The van der Waals surface area contributed by atoms with Gasteiger partial charge in [0.15, 0.2) is 0 Å². The second-order valence-electron chi connectivity index (χ2n) is 6.77. The third-order valence-corrected chi connectivity index (χ3v) is 4.70. The number of carbonyl (C=O) groups excluding carboxylic acids is 1. The molecule has 0 unspecified atom stereocenters. The Morgan fingerprint density at radius 1 is 1.13 bits per heavy atom. The molecule has 3 rings (SSSR count). The molecule has 1 heterocycles. The van der Waals surface area contributed by atoms with E-state index in [4.69, 9.17) is 13.9 Å². The summed E-state index contributed by atoms with van der Waals surface area (Å²) in [5.41, 5.74) is 1.67. The summed E-state index contributed by atoms with van der Waals surface area (Å²) in [6.07, 6.45) is 6.96. The summed E-state index contributed by atoms with van der Waals surface area (Å²) in [5, 5.41) is 11.7. The minimum absolute atomic E-state index is 0.0697. The van der Waals surface area contributed by atoms with Gasteiger partial charge in [-0.3, -0.25) is 10.1 Å². The molecule has 0 saturated carbocycles. The number of nitro benzene ring substituents is 1. The van der Waals surface area contributed by atoms with Gasteiger partial charge in [-0.2, -0.15) is 0 Å². The van der Waals surface area contributed by atoms with Crippen molar-refractivity contribution in [2.45, 2.75) is 32.6 Å². The Morgan fingerprint density at radius 2 is 1.87 bits per heavy atom. The van der Waals surface area contributed by atoms with Crippen molar-refractivity contribution in [1.82, 2.24) is 0 Å². The quantitative estimate of drug-likeness (QED) is 0.112. The van der Waals surface area contributed by atoms with Gasteiger partial charge in [-0.1, -0.05) is 19.8 Å². The summed E-state index contributed by atoms with van der Waals surface area (Å²) in [7, 11) is 1.60. The van der Waals surface area contributed by atoms with Crippen molar-refractivity contribution in [3.05, 3.63) is 70.0 Å². The van der Waals surface area contributed by atoms with Gasteiger partial charge in [0, 0.05) is 35.2 Å². The van der Waals surface area contributed by atoms with Crippen LogP contribution < -0.4 is 9.47 Å². The van der Waals surface area contributed by atoms with Crippen molar-refractivity contribution in [3.63, 3.8) is 0 Å². The highest BCUT2D eigenvalue weighted by atomic mass is 16.6. The number of carbonyl (C=O) groups is 1. The van der Waals surface area contributed by atoms with Gasteiger partial charge in [0.05, 0.1) is 12.0 Å². The first kappa shape index (κ1) is 21.1. The highest BCUT2D eigenvalue weighted by Gasteiger charge is 2.14. The Labute approximate surface area is 174 Å². The van der Waals surface area contributed by atoms with Crippen molar-refractivity contribution < 1.29 is 23.6 Å². The number of benzene rings is 2. The fraction of sp³-hybridized carbons (Fsp3) is 0.261. The van der Waals surface area contributed by atoms with Gasteiger partial charge in [-0.05, 0) is 43.2 Å². The van der Waals surface area contributed by atoms with Crippen LogP contribution in [0.5, 0.6) is 11.5 Å². The molecule has 0 saturated heterocycles. The summed E-state index contributed by atoms with van der Waals surface area (Å²) in [6.45, 7) is 2.15. The lowest BCUT2D eigenvalue weighted by Gasteiger charge is -2.02. The fourth-order valence-corrected chi connectivity index (χ4v) is 3.15. The molecule has 0 aliphatic carbocycles. The minimum atomic E-state index is -0.596. The Bertz CT molecular complexity index is 1070. The van der Waals surface area contributed by atoms with Crippen molar-refractivity contribution >= 4 is 28.7 Å². The maximum Gasteiger partial charge on any atom is 0.336 e. The molecule has 0 amide bonds. The zero-order chi connectivity index (χ0) is 21.5. The van der Waals surface area contributed by atoms with E-state index in [1.165, 1.54) is 30.3 Å². The monoisotopic (exact) mass is 409 g/mol. The van der Waals surface area contributed by atoms with E-state index in [9.17, 15) is 14.9 Å². The Morgan fingerprint density at radius 3 is 2.53 bits per heavy atom. The number of hydrogen-bond acceptors (Lipinski definition) is 6. The number of furan rings is 1. The van der Waals surface area contributed by atoms with Crippen LogP contribution in [0.1, 0.15) is 37.5 Å². The molecular formula is C23H23NO6. The Balaban J connectivity index is 1.79. The molecule has 7 heteroatoms. The van der Waals surface area contributed by atoms with Crippen LogP contribution in [0.4, 0.5) is 5.69 Å². The second-order valence-corrected chi connectivity index (χ2v) is 6.77. The Hall–Kier alpha value is -3.61. The molecule has 30 heavy (non-hydrogen) atoms. The molecule has 0 bridgehead atoms. The molecule has 0 aliphatic heterocycles. The lowest BCUT2D eigenvalue weighted by Crippen LogP contribution is -2.03. The van der Waals surface area contributed by atoms with E-state index in [0.29, 0.717) is 17.1 Å². The van der Waals surface area contributed by atoms with Crippen LogP contribution in [0, 0.1) is 10.1 Å². The lowest BCUT2D eigenvalue weighted by atomic mass is 10.0. The van der Waals surface area contributed by atoms with E-state index in [-0.39, 0.29) is 11.4 Å². The Kier molecular flexibility index (Phi) is 6.85. The molecule has 0 radical (unpaired) electrons. The van der Waals surface area contributed by atoms with Crippen LogP contribution in [0.3, 0.4) is 0 Å². The van der Waals surface area contributed by atoms with E-state index in [0.717, 1.165) is 36.6 Å². The number of esters is 1. The number of nitrogens with zero attached hydrogens (tertiary/aromatic N) is 1. The average molecular weight is 409 g/mol. The summed E-state index contributed by atoms with van der Waals surface area (Å²) in [6, 6.07) is 11.0. The molecule has 3 aromatic rings. The van der Waals surface area contributed by atoms with Crippen LogP contribution >= 0.6 is 0 Å². The third-order valence-electron chi connectivity index (χ3n) is 4.70. The van der Waals surface area contributed by atoms with Gasteiger partial charge < -0.3 is 13.9 Å². The summed E-state index contributed by atoms with van der Waals surface area (Å²) < 4.78 is 16.4. The molecule has 7 nitrogen and oxygen atoms in total. The molecule has 0 atom stereocenters. The number of rotatable bonds is 9. The van der Waals surface area contributed by atoms with E-state index in [2.05, 4.69) is 6.92 Å². The smallest absolute Gasteiger partial charge is 0.336 e. The van der Waals surface area contributed by atoms with E-state index >= 15 is 0 Å². The first-order valence-electron chi connectivity index (χ1n) is 9.75. The number of non-ortho nitro benzene ring substituents is 1. The summed E-state index contributed by atoms with van der Waals surface area (Å²) >= 11 is 0. The van der Waals surface area contributed by atoms with Crippen LogP contribution in [-0.2, 0) is 11.2 Å². The van der Waals surface area contributed by atoms with Crippen molar-refractivity contribution in [1.29, 1.82) is 0 Å². The summed E-state index contributed by atoms with van der Waals surface area (Å²) in [5.74, 6) is 0.939. The topological polar surface area (TPSA) is 91.8 Å². The van der Waals surface area contributed by atoms with E-state index < -0.39 is 10.9 Å². The third kappa shape index (κ3) is 5.05. The van der Waals surface area contributed by atoms with Gasteiger partial charge in [0.1, 0.15) is 22.8 Å². The van der Waals surface area contributed by atoms with Gasteiger partial charge in [-0.25, -0.2) is 4.79 Å². The predicted molar refractivity (Wildman–Crippen MR) is 114 cm³/mol. The normalized spacial score (nSPS) is 11.1. The molecule has 1 aromatic heterocycles. The predicted octanol–water partition coefficient (Wildman–Crippen LogP) is 5.70. The van der Waals surface area contributed by atoms with Crippen molar-refractivity contribution in [3.8, 4) is 11.5 Å². The standard InChI is InChI=1S/C23H23NO6/c1-3-4-5-6-19-20-12-11-18(28-2)15-22(20)30-21(19)13-14-23(25)29-17-9-7-16(8-10-17)24(26)27/h7-15H,3-6H2,1-2H3. The van der Waals surface area contributed by atoms with Crippen LogP contribution in [-0.4, -0.2) is 18.0 Å². The van der Waals surface area contributed by atoms with Gasteiger partial charge >= 0.3 is 5.97 Å². The molecule has 0 fully saturated rings. The van der Waals surface area contributed by atoms with Crippen molar-refractivity contribution in [2.75, 3.05) is 7.11 Å². The van der Waals surface area contributed by atoms with Gasteiger partial charge in [0.25, 0.3) is 5.69 Å². The average Bonchev–Trinajstić information content (AvgIpc) is 3.09. The van der Waals surface area contributed by atoms with Crippen LogP contribution in [0.2, 0.25) is 0 Å². The highest BCUT2D eigenvalue weighted by Crippen LogP contribution is 2.31. The van der Waals surface area contributed by atoms with Crippen LogP contribution in [0.15, 0.2) is 53.0 Å². The number of hydrogen-bond donors (Lipinski definition) is 0. The number of methoxy groups -OCH3 is 1. The second kappa shape index (κ2) is 9.73. The molecule has 0 aliphatic rings. The maximum absolute atomic E-state index is 12.2. The first-order valence-corrected chi connectivity index (χ1v) is 9.75. The van der Waals surface area contributed by atoms with Crippen molar-refractivity contribution in [2.24, 2.45) is 0 Å². The number of unbranched alkanes of at least 4 members (excludes halogenated alkanes) is 2. The lowest BCUT2D eigenvalue weighted by molar-refractivity contribution is -0.384. The minimum Gasteiger partial charge on any atom is -0.497 e. The first-order chi connectivity index (χ1) is 14.5. The SMILES string of the molecule is CCCCCc1c(C=CC(=O)Oc2ccc([N+](=O)[O-])cc2)oc2cc(OC)ccc12. The number of ether oxygens (including phenoxy) is 2. The highest BCUT2D eigenvalue weighted by molar-refractivity contribution is 5.91. The maximum atomic E-state index is 12.2. The number of fused-ring (bicyclic) bond motifs is 1. The zero-order valence-corrected chi connectivity index (χ0v) is 16.9. The molecular weight excluding hydrogens is 386 g/mol. The molecule has 0 spiro atoms. The van der Waals surface area contributed by atoms with Crippen LogP contribution in [0.25, 0.3) is 17.0 Å². The molecule has 0 N–H and O–H groups in total. The number of aryl methyl sites for hydroxylation is 1. The largest absolute Gasteiger partial charge is 0.497 e. The zero-order valence-electron chi connectivity index (χ0n) is 16.9. The fourth-order valence-electron chi connectivity index (χ4n) is 3.15. The van der Waals surface area contributed by atoms with Gasteiger partial charge in [-0.15, -0.1) is 0 Å². The number of nitro groups is 1. The molecule has 156 valence electrons. The summed E-state index contributed by atoms with van der Waals surface area (Å²) in [4.78, 5) is 22.4.